The molecule has 1 saturated heterocycles. The number of nitrogens with zero attached hydrogens (tertiary/aromatic N) is 1. The summed E-state index contributed by atoms with van der Waals surface area (Å²) < 4.78 is 38.9. The number of hydrogen-bond donors (Lipinski definition) is 1. The molecule has 1 aromatic rings. The summed E-state index contributed by atoms with van der Waals surface area (Å²) in [6.07, 6.45) is 1.76. The zero-order chi connectivity index (χ0) is 21.2. The molecule has 1 unspecified atom stereocenters. The van der Waals surface area contributed by atoms with Gasteiger partial charge in [-0.25, -0.2) is 0 Å². The molecular formula is C23H28F3NO2. The van der Waals surface area contributed by atoms with E-state index in [0.717, 1.165) is 19.5 Å². The lowest BCUT2D eigenvalue weighted by Gasteiger charge is -2.43. The van der Waals surface area contributed by atoms with Crippen LogP contribution in [-0.2, 0) is 11.3 Å². The van der Waals surface area contributed by atoms with Crippen LogP contribution >= 0.6 is 0 Å². The van der Waals surface area contributed by atoms with E-state index in [9.17, 15) is 23.1 Å². The van der Waals surface area contributed by atoms with E-state index in [0.29, 0.717) is 12.8 Å². The third kappa shape index (κ3) is 5.72. The largest absolute Gasteiger partial charge is 0.481 e. The van der Waals surface area contributed by atoms with Crippen molar-refractivity contribution in [3.63, 3.8) is 0 Å². The number of carboxylic acids is 1. The summed E-state index contributed by atoms with van der Waals surface area (Å²) in [5.41, 5.74) is 2.98. The van der Waals surface area contributed by atoms with Gasteiger partial charge in [0.25, 0.3) is 0 Å². The highest BCUT2D eigenvalue weighted by atomic mass is 19.4. The van der Waals surface area contributed by atoms with Crippen LogP contribution in [0, 0.1) is 25.7 Å². The molecule has 1 fully saturated rings. The predicted octanol–water partition coefficient (Wildman–Crippen LogP) is 5.42. The van der Waals surface area contributed by atoms with Crippen LogP contribution in [0.3, 0.4) is 0 Å². The fourth-order valence-electron chi connectivity index (χ4n) is 4.72. The summed E-state index contributed by atoms with van der Waals surface area (Å²) in [5.74, 6) is -0.784. The van der Waals surface area contributed by atoms with Crippen LogP contribution in [0.25, 0.3) is 0 Å². The summed E-state index contributed by atoms with van der Waals surface area (Å²) in [5, 5.41) is 9.19. The van der Waals surface area contributed by atoms with Gasteiger partial charge in [0.15, 0.2) is 0 Å². The maximum absolute atomic E-state index is 13.0. The molecule has 29 heavy (non-hydrogen) atoms. The SMILES string of the molecule is Cc1cc(C)cc(CN2CC[C@H](CC(=O)O)C[C@@H]2C2C=CC(C(F)(F)F)=CC2)c1. The van der Waals surface area contributed by atoms with Gasteiger partial charge in [-0.05, 0) is 57.1 Å². The van der Waals surface area contributed by atoms with Gasteiger partial charge < -0.3 is 5.11 Å². The Bertz CT molecular complexity index is 793. The Morgan fingerprint density at radius 2 is 1.90 bits per heavy atom. The molecule has 3 atom stereocenters. The first-order chi connectivity index (χ1) is 13.6. The number of carbonyl (C=O) groups is 1. The monoisotopic (exact) mass is 407 g/mol. The molecule has 1 N–H and O–H groups in total. The third-order valence-electron chi connectivity index (χ3n) is 5.95. The maximum Gasteiger partial charge on any atom is 0.416 e. The Kier molecular flexibility index (Phi) is 6.52. The molecule has 0 amide bonds. The number of rotatable bonds is 5. The Morgan fingerprint density at radius 1 is 1.21 bits per heavy atom. The van der Waals surface area contributed by atoms with Crippen molar-refractivity contribution in [2.24, 2.45) is 11.8 Å². The lowest BCUT2D eigenvalue weighted by Crippen LogP contribution is -2.46. The van der Waals surface area contributed by atoms with Gasteiger partial charge in [0.1, 0.15) is 0 Å². The number of likely N-dealkylation sites (tertiary alicyclic amines) is 1. The number of aryl methyl sites for hydroxylation is 2. The lowest BCUT2D eigenvalue weighted by atomic mass is 9.79. The van der Waals surface area contributed by atoms with Crippen molar-refractivity contribution in [3.8, 4) is 0 Å². The van der Waals surface area contributed by atoms with Crippen LogP contribution in [-0.4, -0.2) is 34.7 Å². The van der Waals surface area contributed by atoms with Gasteiger partial charge in [0.05, 0.1) is 5.57 Å². The second-order valence-corrected chi connectivity index (χ2v) is 8.44. The Hall–Kier alpha value is -2.08. The number of benzene rings is 1. The average Bonchev–Trinajstić information content (AvgIpc) is 2.61. The molecule has 158 valence electrons. The predicted molar refractivity (Wildman–Crippen MR) is 106 cm³/mol. The first kappa shape index (κ1) is 21.6. The van der Waals surface area contributed by atoms with Crippen molar-refractivity contribution in [2.45, 2.75) is 58.3 Å². The van der Waals surface area contributed by atoms with Crippen molar-refractivity contribution in [3.05, 3.63) is 58.7 Å². The second kappa shape index (κ2) is 8.74. The topological polar surface area (TPSA) is 40.5 Å². The number of hydrogen-bond acceptors (Lipinski definition) is 2. The summed E-state index contributed by atoms with van der Waals surface area (Å²) in [4.78, 5) is 13.5. The van der Waals surface area contributed by atoms with E-state index in [2.05, 4.69) is 36.9 Å². The summed E-state index contributed by atoms with van der Waals surface area (Å²) in [7, 11) is 0. The van der Waals surface area contributed by atoms with Gasteiger partial charge in [-0.15, -0.1) is 0 Å². The zero-order valence-electron chi connectivity index (χ0n) is 16.9. The Balaban J connectivity index is 1.78. The van der Waals surface area contributed by atoms with Gasteiger partial charge in [0.2, 0.25) is 0 Å². The van der Waals surface area contributed by atoms with E-state index in [-0.39, 0.29) is 24.3 Å². The fourth-order valence-corrected chi connectivity index (χ4v) is 4.72. The molecule has 6 heteroatoms. The van der Waals surface area contributed by atoms with Crippen LogP contribution in [0.5, 0.6) is 0 Å². The fraction of sp³-hybridized carbons (Fsp3) is 0.522. The number of aliphatic carboxylic acids is 1. The van der Waals surface area contributed by atoms with E-state index < -0.39 is 17.7 Å². The van der Waals surface area contributed by atoms with E-state index >= 15 is 0 Å². The molecule has 0 radical (unpaired) electrons. The van der Waals surface area contributed by atoms with Crippen molar-refractivity contribution in [2.75, 3.05) is 6.54 Å². The highest BCUT2D eigenvalue weighted by Gasteiger charge is 2.37. The minimum Gasteiger partial charge on any atom is -0.481 e. The number of piperidine rings is 1. The van der Waals surface area contributed by atoms with Crippen molar-refractivity contribution >= 4 is 5.97 Å². The van der Waals surface area contributed by atoms with Gasteiger partial charge in [0, 0.05) is 19.0 Å². The Morgan fingerprint density at radius 3 is 2.45 bits per heavy atom. The first-order valence-corrected chi connectivity index (χ1v) is 10.1. The van der Waals surface area contributed by atoms with Gasteiger partial charge in [-0.3, -0.25) is 9.69 Å². The van der Waals surface area contributed by atoms with E-state index in [1.807, 2.05) is 0 Å². The average molecular weight is 407 g/mol. The molecule has 3 nitrogen and oxygen atoms in total. The van der Waals surface area contributed by atoms with Gasteiger partial charge in [-0.2, -0.15) is 13.2 Å². The number of allylic oxidation sites excluding steroid dienone is 3. The minimum absolute atomic E-state index is 0.0382. The third-order valence-corrected chi connectivity index (χ3v) is 5.95. The molecule has 3 rings (SSSR count). The standard InChI is InChI=1S/C23H28F3NO2/c1-15-9-16(2)11-18(10-15)14-27-8-7-17(13-22(28)29)12-21(27)19-3-5-20(6-4-19)23(24,25)26/h3,5-6,9-11,17,19,21H,4,7-8,12-14H2,1-2H3,(H,28,29)/t17-,19?,21+/m0/s1. The molecule has 0 saturated carbocycles. The molecule has 1 heterocycles. The van der Waals surface area contributed by atoms with Gasteiger partial charge >= 0.3 is 12.1 Å². The highest BCUT2D eigenvalue weighted by Crippen LogP contribution is 2.37. The number of alkyl halides is 3. The smallest absolute Gasteiger partial charge is 0.416 e. The molecule has 1 aromatic carbocycles. The van der Waals surface area contributed by atoms with Gasteiger partial charge in [-0.1, -0.05) is 47.6 Å². The Labute approximate surface area is 169 Å². The lowest BCUT2D eigenvalue weighted by molar-refractivity contribution is -0.138. The van der Waals surface area contributed by atoms with Crippen molar-refractivity contribution in [1.29, 1.82) is 0 Å². The molecule has 0 aromatic heterocycles. The van der Waals surface area contributed by atoms with Crippen molar-refractivity contribution < 1.29 is 23.1 Å². The molecule has 1 aliphatic carbocycles. The van der Waals surface area contributed by atoms with Crippen LogP contribution < -0.4 is 0 Å². The van der Waals surface area contributed by atoms with Crippen LogP contribution in [0.2, 0.25) is 0 Å². The quantitative estimate of drug-likeness (QED) is 0.708. The molecule has 2 aliphatic rings. The maximum atomic E-state index is 13.0. The van der Waals surface area contributed by atoms with E-state index in [4.69, 9.17) is 0 Å². The van der Waals surface area contributed by atoms with E-state index in [1.54, 1.807) is 6.08 Å². The normalized spacial score (nSPS) is 25.7. The second-order valence-electron chi connectivity index (χ2n) is 8.44. The van der Waals surface area contributed by atoms with Crippen molar-refractivity contribution in [1.82, 2.24) is 4.90 Å². The summed E-state index contributed by atoms with van der Waals surface area (Å²) >= 11 is 0. The molecular weight excluding hydrogens is 379 g/mol. The number of carboxylic acid groups (broad SMARTS) is 1. The summed E-state index contributed by atoms with van der Waals surface area (Å²) in [6.45, 7) is 5.60. The van der Waals surface area contributed by atoms with E-state index in [1.165, 1.54) is 28.8 Å². The van der Waals surface area contributed by atoms with Crippen LogP contribution in [0.15, 0.2) is 42.0 Å². The van der Waals surface area contributed by atoms with Crippen LogP contribution in [0.1, 0.15) is 42.4 Å². The zero-order valence-corrected chi connectivity index (χ0v) is 16.9. The first-order valence-electron chi connectivity index (χ1n) is 10.1. The van der Waals surface area contributed by atoms with Crippen LogP contribution in [0.4, 0.5) is 13.2 Å². The number of halogens is 3. The minimum atomic E-state index is -4.32. The molecule has 0 bridgehead atoms. The molecule has 1 aliphatic heterocycles. The highest BCUT2D eigenvalue weighted by molar-refractivity contribution is 5.67. The molecule has 0 spiro atoms. The summed E-state index contributed by atoms with van der Waals surface area (Å²) in [6, 6.07) is 6.45.